The number of carbonyl (C=O) groups is 1. The molecule has 0 aliphatic carbocycles. The van der Waals surface area contributed by atoms with Crippen LogP contribution in [0.15, 0.2) is 18.6 Å². The molecular weight excluding hydrogens is 302 g/mol. The molecule has 1 atom stereocenters. The zero-order valence-electron chi connectivity index (χ0n) is 15.0. The lowest BCUT2D eigenvalue weighted by Crippen LogP contribution is -2.40. The van der Waals surface area contributed by atoms with Gasteiger partial charge in [-0.1, -0.05) is 20.8 Å². The fourth-order valence-electron chi connectivity index (χ4n) is 3.08. The minimum atomic E-state index is 0.0623. The van der Waals surface area contributed by atoms with E-state index in [4.69, 9.17) is 4.98 Å². The highest BCUT2D eigenvalue weighted by atomic mass is 16.1. The smallest absolute Gasteiger partial charge is 0.220 e. The Morgan fingerprint density at radius 3 is 2.83 bits per heavy atom. The summed E-state index contributed by atoms with van der Waals surface area (Å²) in [5.41, 5.74) is 2.29. The molecule has 130 valence electrons. The van der Waals surface area contributed by atoms with Crippen molar-refractivity contribution in [2.24, 2.45) is 7.05 Å². The van der Waals surface area contributed by atoms with Crippen LogP contribution in [0.25, 0.3) is 0 Å². The second-order valence-electron chi connectivity index (χ2n) is 7.77. The van der Waals surface area contributed by atoms with E-state index < -0.39 is 0 Å². The zero-order chi connectivity index (χ0) is 17.3. The highest BCUT2D eigenvalue weighted by molar-refractivity contribution is 5.76. The highest BCUT2D eigenvalue weighted by Gasteiger charge is 2.25. The van der Waals surface area contributed by atoms with E-state index in [1.54, 1.807) is 4.68 Å². The van der Waals surface area contributed by atoms with Crippen LogP contribution in [-0.4, -0.2) is 31.3 Å². The molecule has 1 amide bonds. The molecule has 3 heterocycles. The summed E-state index contributed by atoms with van der Waals surface area (Å²) in [7, 11) is 1.89. The number of hydrogen-bond acceptors (Lipinski definition) is 3. The quantitative estimate of drug-likeness (QED) is 0.933. The van der Waals surface area contributed by atoms with Gasteiger partial charge in [-0.2, -0.15) is 5.10 Å². The lowest BCUT2D eigenvalue weighted by atomic mass is 9.93. The van der Waals surface area contributed by atoms with Gasteiger partial charge in [-0.05, 0) is 18.4 Å². The van der Waals surface area contributed by atoms with Gasteiger partial charge in [-0.25, -0.2) is 4.98 Å². The molecule has 1 N–H and O–H groups in total. The summed E-state index contributed by atoms with van der Waals surface area (Å²) in [5, 5.41) is 7.30. The van der Waals surface area contributed by atoms with E-state index in [0.717, 1.165) is 42.9 Å². The minimum absolute atomic E-state index is 0.0623. The fraction of sp³-hybridized carbons (Fsp3) is 0.611. The second-order valence-corrected chi connectivity index (χ2v) is 7.77. The normalized spacial score (nSPS) is 17.6. The molecule has 0 saturated heterocycles. The first-order valence-electron chi connectivity index (χ1n) is 8.64. The van der Waals surface area contributed by atoms with Gasteiger partial charge >= 0.3 is 0 Å². The Morgan fingerprint density at radius 1 is 1.38 bits per heavy atom. The number of imidazole rings is 1. The number of aromatic nitrogens is 4. The number of amides is 1. The standard InChI is InChI=1S/C18H27N5O/c1-18(2,3)15-12-23-11-14(6-7-16(23)21-15)20-17(24)8-5-13-9-19-22(4)10-13/h9-10,12,14H,5-8,11H2,1-4H3,(H,20,24)/t14-/m0/s1. The van der Waals surface area contributed by atoms with Gasteiger partial charge in [-0.15, -0.1) is 0 Å². The third-order valence-electron chi connectivity index (χ3n) is 4.53. The van der Waals surface area contributed by atoms with Crippen molar-refractivity contribution in [1.82, 2.24) is 24.6 Å². The van der Waals surface area contributed by atoms with Crippen LogP contribution in [-0.2, 0) is 36.6 Å². The lowest BCUT2D eigenvalue weighted by Gasteiger charge is -2.24. The number of fused-ring (bicyclic) bond motifs is 1. The molecule has 0 aromatic carbocycles. The first-order valence-corrected chi connectivity index (χ1v) is 8.64. The van der Waals surface area contributed by atoms with Crippen molar-refractivity contribution < 1.29 is 4.79 Å². The molecule has 2 aromatic heterocycles. The summed E-state index contributed by atoms with van der Waals surface area (Å²) in [6, 6.07) is 0.195. The Bertz CT molecular complexity index is 722. The lowest BCUT2D eigenvalue weighted by molar-refractivity contribution is -0.122. The summed E-state index contributed by atoms with van der Waals surface area (Å²) in [4.78, 5) is 17.0. The first kappa shape index (κ1) is 16.7. The topological polar surface area (TPSA) is 64.7 Å². The molecule has 0 fully saturated rings. The fourth-order valence-corrected chi connectivity index (χ4v) is 3.08. The van der Waals surface area contributed by atoms with Crippen molar-refractivity contribution in [1.29, 1.82) is 0 Å². The maximum absolute atomic E-state index is 12.2. The van der Waals surface area contributed by atoms with Gasteiger partial charge in [0.25, 0.3) is 0 Å². The summed E-state index contributed by atoms with van der Waals surface area (Å²) in [5.74, 6) is 1.25. The van der Waals surface area contributed by atoms with Gasteiger partial charge in [-0.3, -0.25) is 9.48 Å². The van der Waals surface area contributed by atoms with Crippen LogP contribution in [0.3, 0.4) is 0 Å². The molecule has 1 aliphatic rings. The van der Waals surface area contributed by atoms with Crippen molar-refractivity contribution in [2.45, 2.75) is 64.5 Å². The van der Waals surface area contributed by atoms with Gasteiger partial charge in [0, 0.05) is 50.3 Å². The number of hydrogen-bond donors (Lipinski definition) is 1. The summed E-state index contributed by atoms with van der Waals surface area (Å²) < 4.78 is 3.97. The Labute approximate surface area is 143 Å². The monoisotopic (exact) mass is 329 g/mol. The predicted molar refractivity (Wildman–Crippen MR) is 92.7 cm³/mol. The van der Waals surface area contributed by atoms with E-state index in [1.165, 1.54) is 0 Å². The zero-order valence-corrected chi connectivity index (χ0v) is 15.0. The Hall–Kier alpha value is -2.11. The van der Waals surface area contributed by atoms with Gasteiger partial charge in [0.1, 0.15) is 5.82 Å². The van der Waals surface area contributed by atoms with Crippen molar-refractivity contribution in [3.8, 4) is 0 Å². The maximum atomic E-state index is 12.2. The molecule has 0 spiro atoms. The molecule has 6 nitrogen and oxygen atoms in total. The van der Waals surface area contributed by atoms with E-state index in [0.29, 0.717) is 6.42 Å². The molecule has 0 saturated carbocycles. The Balaban J connectivity index is 1.53. The van der Waals surface area contributed by atoms with Crippen LogP contribution in [0.1, 0.15) is 50.7 Å². The Morgan fingerprint density at radius 2 is 2.17 bits per heavy atom. The van der Waals surface area contributed by atoms with Gasteiger partial charge < -0.3 is 9.88 Å². The van der Waals surface area contributed by atoms with E-state index in [-0.39, 0.29) is 17.4 Å². The van der Waals surface area contributed by atoms with E-state index >= 15 is 0 Å². The SMILES string of the molecule is Cn1cc(CCC(=O)N[C@H]2CCc3nc(C(C)(C)C)cn3C2)cn1. The highest BCUT2D eigenvalue weighted by Crippen LogP contribution is 2.24. The molecule has 1 aliphatic heterocycles. The molecule has 0 unspecified atom stereocenters. The van der Waals surface area contributed by atoms with E-state index in [2.05, 4.69) is 42.0 Å². The van der Waals surface area contributed by atoms with Crippen LogP contribution in [0.5, 0.6) is 0 Å². The number of nitrogens with one attached hydrogen (secondary N) is 1. The van der Waals surface area contributed by atoms with Gasteiger partial charge in [0.2, 0.25) is 5.91 Å². The average molecular weight is 329 g/mol. The minimum Gasteiger partial charge on any atom is -0.352 e. The van der Waals surface area contributed by atoms with E-state index in [9.17, 15) is 4.79 Å². The van der Waals surface area contributed by atoms with Crippen molar-refractivity contribution in [2.75, 3.05) is 0 Å². The third kappa shape index (κ3) is 3.86. The molecule has 24 heavy (non-hydrogen) atoms. The van der Waals surface area contributed by atoms with Gasteiger partial charge in [0.15, 0.2) is 0 Å². The molecule has 0 bridgehead atoms. The van der Waals surface area contributed by atoms with Crippen LogP contribution in [0.4, 0.5) is 0 Å². The van der Waals surface area contributed by atoms with Crippen LogP contribution in [0, 0.1) is 0 Å². The number of aryl methyl sites for hydroxylation is 3. The van der Waals surface area contributed by atoms with Crippen LogP contribution in [0.2, 0.25) is 0 Å². The van der Waals surface area contributed by atoms with Crippen molar-refractivity contribution >= 4 is 5.91 Å². The maximum Gasteiger partial charge on any atom is 0.220 e. The van der Waals surface area contributed by atoms with Crippen LogP contribution >= 0.6 is 0 Å². The molecule has 6 heteroatoms. The first-order chi connectivity index (χ1) is 11.3. The molecule has 2 aromatic rings. The molecular formula is C18H27N5O. The summed E-state index contributed by atoms with van der Waals surface area (Å²) in [6.07, 6.45) is 9.04. The number of rotatable bonds is 4. The number of carbonyl (C=O) groups excluding carboxylic acids is 1. The van der Waals surface area contributed by atoms with E-state index in [1.807, 2.05) is 19.4 Å². The van der Waals surface area contributed by atoms with Gasteiger partial charge in [0.05, 0.1) is 11.9 Å². The average Bonchev–Trinajstić information content (AvgIpc) is 3.10. The second kappa shape index (κ2) is 6.42. The summed E-state index contributed by atoms with van der Waals surface area (Å²) in [6.45, 7) is 7.36. The predicted octanol–water partition coefficient (Wildman–Crippen LogP) is 1.98. The number of nitrogens with zero attached hydrogens (tertiary/aromatic N) is 4. The van der Waals surface area contributed by atoms with Crippen molar-refractivity contribution in [3.05, 3.63) is 35.7 Å². The third-order valence-corrected chi connectivity index (χ3v) is 4.53. The summed E-state index contributed by atoms with van der Waals surface area (Å²) >= 11 is 0. The Kier molecular flexibility index (Phi) is 4.47. The molecule has 3 rings (SSSR count). The van der Waals surface area contributed by atoms with Crippen LogP contribution < -0.4 is 5.32 Å². The molecule has 0 radical (unpaired) electrons. The van der Waals surface area contributed by atoms with Crippen molar-refractivity contribution in [3.63, 3.8) is 0 Å². The largest absolute Gasteiger partial charge is 0.352 e.